The van der Waals surface area contributed by atoms with Gasteiger partial charge >= 0.3 is 5.97 Å². The molecule has 0 heterocycles. The van der Waals surface area contributed by atoms with Gasteiger partial charge in [0, 0.05) is 16.8 Å². The van der Waals surface area contributed by atoms with Crippen LogP contribution in [0, 0.1) is 12.7 Å². The van der Waals surface area contributed by atoms with Gasteiger partial charge in [-0.15, -0.1) is 0 Å². The van der Waals surface area contributed by atoms with Crippen molar-refractivity contribution in [2.75, 3.05) is 5.32 Å². The molecule has 0 aliphatic rings. The van der Waals surface area contributed by atoms with Crippen molar-refractivity contribution in [3.8, 4) is 0 Å². The lowest BCUT2D eigenvalue weighted by Crippen LogP contribution is -2.17. The summed E-state index contributed by atoms with van der Waals surface area (Å²) in [5.74, 6) is -2.17. The zero-order valence-electron chi connectivity index (χ0n) is 10.4. The topological polar surface area (TPSA) is 66.4 Å². The van der Waals surface area contributed by atoms with Crippen LogP contribution in [0.25, 0.3) is 0 Å². The molecule has 0 spiro atoms. The van der Waals surface area contributed by atoms with Crippen molar-refractivity contribution in [2.24, 2.45) is 0 Å². The van der Waals surface area contributed by atoms with Crippen molar-refractivity contribution in [3.63, 3.8) is 0 Å². The molecule has 0 aliphatic carbocycles. The molecule has 18 heavy (non-hydrogen) atoms. The Hall–Kier alpha value is -2.17. The first-order valence-electron chi connectivity index (χ1n) is 5.31. The molecule has 4 nitrogen and oxygen atoms in total. The zero-order valence-corrected chi connectivity index (χ0v) is 10.4. The van der Waals surface area contributed by atoms with Crippen LogP contribution < -0.4 is 5.32 Å². The summed E-state index contributed by atoms with van der Waals surface area (Å²) >= 11 is 0. The van der Waals surface area contributed by atoms with Gasteiger partial charge in [-0.25, -0.2) is 9.18 Å². The minimum Gasteiger partial charge on any atom is -0.478 e. The smallest absolute Gasteiger partial charge is 0.331 e. The number of rotatable bonds is 3. The number of halogens is 1. The molecule has 1 aromatic rings. The Morgan fingerprint density at radius 3 is 2.39 bits per heavy atom. The number of benzene rings is 1. The maximum Gasteiger partial charge on any atom is 0.331 e. The molecular formula is C13H14FNO3. The summed E-state index contributed by atoms with van der Waals surface area (Å²) in [6, 6.07) is 4.01. The molecule has 0 fully saturated rings. The summed E-state index contributed by atoms with van der Waals surface area (Å²) in [5, 5.41) is 11.3. The number of hydrogen-bond acceptors (Lipinski definition) is 2. The summed E-state index contributed by atoms with van der Waals surface area (Å²) in [4.78, 5) is 22.5. The molecule has 0 aromatic heterocycles. The fraction of sp³-hybridized carbons (Fsp3) is 0.231. The molecular weight excluding hydrogens is 237 g/mol. The Morgan fingerprint density at radius 1 is 1.22 bits per heavy atom. The van der Waals surface area contributed by atoms with Crippen LogP contribution in [0.3, 0.4) is 0 Å². The van der Waals surface area contributed by atoms with Crippen LogP contribution in [0.2, 0.25) is 0 Å². The summed E-state index contributed by atoms with van der Waals surface area (Å²) in [6.07, 6.45) is 0. The van der Waals surface area contributed by atoms with Gasteiger partial charge in [-0.05, 0) is 38.5 Å². The number of carboxylic acids is 1. The molecule has 0 radical (unpaired) electrons. The maximum atomic E-state index is 13.0. The third-order valence-corrected chi connectivity index (χ3v) is 2.67. The van der Waals surface area contributed by atoms with E-state index in [1.54, 1.807) is 6.92 Å². The van der Waals surface area contributed by atoms with Crippen molar-refractivity contribution in [1.29, 1.82) is 0 Å². The molecule has 1 amide bonds. The third-order valence-electron chi connectivity index (χ3n) is 2.67. The Labute approximate surface area is 104 Å². The van der Waals surface area contributed by atoms with E-state index in [1.807, 2.05) is 0 Å². The second-order valence-electron chi connectivity index (χ2n) is 3.97. The number of carbonyl (C=O) groups is 2. The van der Waals surface area contributed by atoms with Gasteiger partial charge in [0.1, 0.15) is 5.82 Å². The molecule has 0 unspecified atom stereocenters. The maximum absolute atomic E-state index is 13.0. The number of carboxylic acid groups (broad SMARTS) is 1. The second-order valence-corrected chi connectivity index (χ2v) is 3.97. The van der Waals surface area contributed by atoms with Gasteiger partial charge in [0.05, 0.1) is 0 Å². The molecule has 1 aromatic carbocycles. The van der Waals surface area contributed by atoms with Crippen LogP contribution in [0.4, 0.5) is 10.1 Å². The average Bonchev–Trinajstić information content (AvgIpc) is 2.31. The summed E-state index contributed by atoms with van der Waals surface area (Å²) in [7, 11) is 0. The van der Waals surface area contributed by atoms with E-state index >= 15 is 0 Å². The van der Waals surface area contributed by atoms with Crippen molar-refractivity contribution >= 4 is 17.6 Å². The van der Waals surface area contributed by atoms with Gasteiger partial charge in [-0.2, -0.15) is 0 Å². The van der Waals surface area contributed by atoms with E-state index in [1.165, 1.54) is 32.0 Å². The van der Waals surface area contributed by atoms with Crippen molar-refractivity contribution in [1.82, 2.24) is 0 Å². The van der Waals surface area contributed by atoms with Gasteiger partial charge < -0.3 is 10.4 Å². The van der Waals surface area contributed by atoms with Crippen molar-refractivity contribution in [2.45, 2.75) is 20.8 Å². The van der Waals surface area contributed by atoms with E-state index < -0.39 is 17.7 Å². The van der Waals surface area contributed by atoms with Gasteiger partial charge in [0.15, 0.2) is 0 Å². The first-order chi connectivity index (χ1) is 8.32. The lowest BCUT2D eigenvalue weighted by Gasteiger charge is -2.09. The first kappa shape index (κ1) is 13.9. The summed E-state index contributed by atoms with van der Waals surface area (Å²) in [5.41, 5.74) is 1.08. The minimum absolute atomic E-state index is 0.0402. The third kappa shape index (κ3) is 3.16. The van der Waals surface area contributed by atoms with Crippen LogP contribution in [-0.4, -0.2) is 17.0 Å². The van der Waals surface area contributed by atoms with E-state index in [0.717, 1.165) is 0 Å². The fourth-order valence-corrected chi connectivity index (χ4v) is 1.28. The number of anilines is 1. The normalized spacial score (nSPS) is 11.8. The van der Waals surface area contributed by atoms with E-state index in [2.05, 4.69) is 5.32 Å². The molecule has 0 saturated heterocycles. The van der Waals surface area contributed by atoms with Crippen LogP contribution in [-0.2, 0) is 9.59 Å². The van der Waals surface area contributed by atoms with E-state index in [0.29, 0.717) is 11.3 Å². The van der Waals surface area contributed by atoms with Gasteiger partial charge in [0.25, 0.3) is 5.91 Å². The molecule has 0 aliphatic heterocycles. The number of amides is 1. The predicted molar refractivity (Wildman–Crippen MR) is 65.8 cm³/mol. The van der Waals surface area contributed by atoms with Crippen LogP contribution >= 0.6 is 0 Å². The largest absolute Gasteiger partial charge is 0.478 e. The Bertz CT molecular complexity index is 535. The Kier molecular flexibility index (Phi) is 4.20. The molecule has 5 heteroatoms. The van der Waals surface area contributed by atoms with Crippen molar-refractivity contribution in [3.05, 3.63) is 40.7 Å². The molecule has 0 saturated carbocycles. The monoisotopic (exact) mass is 251 g/mol. The Morgan fingerprint density at radius 2 is 1.83 bits per heavy atom. The average molecular weight is 251 g/mol. The second kappa shape index (κ2) is 5.44. The molecule has 0 atom stereocenters. The quantitative estimate of drug-likeness (QED) is 0.811. The predicted octanol–water partition coefficient (Wildman–Crippen LogP) is 2.49. The van der Waals surface area contributed by atoms with Crippen LogP contribution in [0.15, 0.2) is 29.3 Å². The molecule has 1 rings (SSSR count). The number of aliphatic carboxylic acids is 1. The highest BCUT2D eigenvalue weighted by atomic mass is 19.1. The number of aryl methyl sites for hydroxylation is 1. The van der Waals surface area contributed by atoms with Gasteiger partial charge in [-0.3, -0.25) is 4.79 Å². The highest BCUT2D eigenvalue weighted by Crippen LogP contribution is 2.17. The minimum atomic E-state index is -1.15. The van der Waals surface area contributed by atoms with Gasteiger partial charge in [0.2, 0.25) is 0 Å². The van der Waals surface area contributed by atoms with E-state index in [-0.39, 0.29) is 11.1 Å². The van der Waals surface area contributed by atoms with E-state index in [9.17, 15) is 14.0 Å². The van der Waals surface area contributed by atoms with Crippen LogP contribution in [0.1, 0.15) is 19.4 Å². The lowest BCUT2D eigenvalue weighted by atomic mass is 10.1. The first-order valence-corrected chi connectivity index (χ1v) is 5.31. The highest BCUT2D eigenvalue weighted by Gasteiger charge is 2.13. The van der Waals surface area contributed by atoms with Crippen molar-refractivity contribution < 1.29 is 19.1 Å². The molecule has 0 bridgehead atoms. The van der Waals surface area contributed by atoms with E-state index in [4.69, 9.17) is 5.11 Å². The number of nitrogens with one attached hydrogen (secondary N) is 1. The molecule has 2 N–H and O–H groups in total. The fourth-order valence-electron chi connectivity index (χ4n) is 1.28. The standard InChI is InChI=1S/C13H14FNO3/c1-7-4-5-10(14)6-11(7)15-12(16)8(2)9(3)13(17)18/h4-6H,1-3H3,(H,15,16)(H,17,18). The van der Waals surface area contributed by atoms with Crippen LogP contribution in [0.5, 0.6) is 0 Å². The van der Waals surface area contributed by atoms with Gasteiger partial charge in [-0.1, -0.05) is 6.07 Å². The SMILES string of the molecule is CC(C(=O)O)=C(C)C(=O)Nc1cc(F)ccc1C. The zero-order chi connectivity index (χ0) is 13.9. The lowest BCUT2D eigenvalue weighted by molar-refractivity contribution is -0.133. The highest BCUT2D eigenvalue weighted by molar-refractivity contribution is 6.08. The summed E-state index contributed by atoms with van der Waals surface area (Å²) in [6.45, 7) is 4.47. The summed E-state index contributed by atoms with van der Waals surface area (Å²) < 4.78 is 13.0. The molecule has 96 valence electrons. The Balaban J connectivity index is 2.98. The number of hydrogen-bond donors (Lipinski definition) is 2. The number of carbonyl (C=O) groups excluding carboxylic acids is 1.